The van der Waals surface area contributed by atoms with E-state index in [0.717, 1.165) is 95.5 Å². The van der Waals surface area contributed by atoms with Crippen LogP contribution in [0.4, 0.5) is 0 Å². The van der Waals surface area contributed by atoms with Crippen molar-refractivity contribution in [2.24, 2.45) is 11.8 Å². The molecule has 3 aliphatic rings. The first-order chi connectivity index (χ1) is 28.4. The summed E-state index contributed by atoms with van der Waals surface area (Å²) in [6.07, 6.45) is 28.7. The summed E-state index contributed by atoms with van der Waals surface area (Å²) in [6.45, 7) is 10.9. The summed E-state index contributed by atoms with van der Waals surface area (Å²) in [5.41, 5.74) is 8.59. The summed E-state index contributed by atoms with van der Waals surface area (Å²) in [4.78, 5) is 0. The highest BCUT2D eigenvalue weighted by molar-refractivity contribution is 5.30. The Bertz CT molecular complexity index is 1580. The van der Waals surface area contributed by atoms with Crippen molar-refractivity contribution in [2.45, 2.75) is 232 Å². The zero-order valence-electron chi connectivity index (χ0n) is 38.3. The number of aryl methyl sites for hydroxylation is 6. The minimum Gasteiger partial charge on any atom is -0.393 e. The van der Waals surface area contributed by atoms with Crippen LogP contribution in [0.1, 0.15) is 215 Å². The second kappa shape index (κ2) is 27.5. The molecule has 0 saturated heterocycles. The molecule has 0 aliphatic heterocycles. The topological polar surface area (TPSA) is 80.9 Å². The quantitative estimate of drug-likeness (QED) is 0.103. The van der Waals surface area contributed by atoms with Gasteiger partial charge in [-0.1, -0.05) is 172 Å². The van der Waals surface area contributed by atoms with E-state index in [1.165, 1.54) is 110 Å². The van der Waals surface area contributed by atoms with Crippen LogP contribution in [0, 0.1) is 18.8 Å². The Kier molecular flexibility index (Phi) is 23.8. The van der Waals surface area contributed by atoms with Crippen LogP contribution in [0.5, 0.6) is 0 Å². The van der Waals surface area contributed by atoms with E-state index in [2.05, 4.69) is 89.2 Å². The smallest absolute Gasteiger partial charge is 0.0815 e. The third-order valence-electron chi connectivity index (χ3n) is 14.1. The second-order valence-electron chi connectivity index (χ2n) is 19.3. The van der Waals surface area contributed by atoms with Crippen molar-refractivity contribution in [2.75, 3.05) is 0 Å². The first-order valence-corrected chi connectivity index (χ1v) is 24.5. The van der Waals surface area contributed by atoms with Gasteiger partial charge in [-0.25, -0.2) is 0 Å². The van der Waals surface area contributed by atoms with Crippen LogP contribution < -0.4 is 0 Å². The Morgan fingerprint density at radius 3 is 1.67 bits per heavy atom. The molecule has 0 aromatic heterocycles. The molecule has 0 spiro atoms. The third-order valence-corrected chi connectivity index (χ3v) is 14.1. The molecule has 60 heavy (non-hydrogen) atoms. The minimum atomic E-state index is -0.439. The molecule has 4 nitrogen and oxygen atoms in total. The molecular weight excluding hydrogens is 737 g/mol. The van der Waals surface area contributed by atoms with Crippen LogP contribution in [0.15, 0.2) is 66.7 Å². The average molecular weight is 827 g/mol. The number of hydrogen-bond acceptors (Lipinski definition) is 4. The molecule has 4 heteroatoms. The van der Waals surface area contributed by atoms with Crippen molar-refractivity contribution in [3.8, 4) is 0 Å². The van der Waals surface area contributed by atoms with Crippen LogP contribution in [0.2, 0.25) is 0 Å². The molecule has 0 heterocycles. The highest BCUT2D eigenvalue weighted by Gasteiger charge is 2.31. The minimum absolute atomic E-state index is 0. The SMILES string of the molecule is C.CCCCc1cc(C)cc(CCC2(O)CCCCC2)c1.CCCCc1cccc(CCC2CCCCC2O)c1.CC[C@@H](C)[C@@H](O)c1cccc(CCC2(O)CCCC2)c1. The molecule has 3 aromatic rings. The monoisotopic (exact) mass is 827 g/mol. The van der Waals surface area contributed by atoms with E-state index in [1.54, 1.807) is 0 Å². The van der Waals surface area contributed by atoms with E-state index in [-0.39, 0.29) is 31.2 Å². The van der Waals surface area contributed by atoms with Gasteiger partial charge in [-0.2, -0.15) is 0 Å². The Hall–Kier alpha value is -2.50. The number of aliphatic hydroxyl groups excluding tert-OH is 2. The summed E-state index contributed by atoms with van der Waals surface area (Å²) in [6, 6.07) is 24.2. The largest absolute Gasteiger partial charge is 0.393 e. The van der Waals surface area contributed by atoms with Gasteiger partial charge >= 0.3 is 0 Å². The third kappa shape index (κ3) is 18.5. The van der Waals surface area contributed by atoms with Gasteiger partial charge in [-0.15, -0.1) is 0 Å². The van der Waals surface area contributed by atoms with Gasteiger partial charge in [0.1, 0.15) is 0 Å². The Morgan fingerprint density at radius 1 is 0.600 bits per heavy atom. The average Bonchev–Trinajstić information content (AvgIpc) is 3.70. The molecular formula is C56H90O4. The Labute approximate surface area is 369 Å². The zero-order chi connectivity index (χ0) is 42.5. The van der Waals surface area contributed by atoms with Gasteiger partial charge in [0.2, 0.25) is 0 Å². The molecule has 0 bridgehead atoms. The van der Waals surface area contributed by atoms with E-state index in [4.69, 9.17) is 0 Å². The molecule has 3 saturated carbocycles. The van der Waals surface area contributed by atoms with Gasteiger partial charge < -0.3 is 20.4 Å². The lowest BCUT2D eigenvalue weighted by atomic mass is 9.81. The van der Waals surface area contributed by atoms with Crippen LogP contribution >= 0.6 is 0 Å². The molecule has 4 N–H and O–H groups in total. The molecule has 0 amide bonds. The number of benzene rings is 3. The fourth-order valence-electron chi connectivity index (χ4n) is 9.80. The van der Waals surface area contributed by atoms with Gasteiger partial charge in [-0.05, 0) is 155 Å². The molecule has 3 aliphatic carbocycles. The van der Waals surface area contributed by atoms with E-state index in [1.807, 2.05) is 12.1 Å². The molecule has 6 rings (SSSR count). The zero-order valence-corrected chi connectivity index (χ0v) is 38.3. The van der Waals surface area contributed by atoms with E-state index >= 15 is 0 Å². The Balaban J connectivity index is 0.000000238. The first kappa shape index (κ1) is 51.8. The molecule has 0 radical (unpaired) electrons. The lowest BCUT2D eigenvalue weighted by Gasteiger charge is -2.32. The maximum atomic E-state index is 10.6. The summed E-state index contributed by atoms with van der Waals surface area (Å²) in [7, 11) is 0. The predicted molar refractivity (Wildman–Crippen MR) is 257 cm³/mol. The summed E-state index contributed by atoms with van der Waals surface area (Å²) in [5, 5.41) is 41.3. The number of aliphatic hydroxyl groups is 4. The van der Waals surface area contributed by atoms with Gasteiger partial charge in [0.25, 0.3) is 0 Å². The number of rotatable bonds is 18. The van der Waals surface area contributed by atoms with Crippen molar-refractivity contribution < 1.29 is 20.4 Å². The fraction of sp³-hybridized carbons (Fsp3) is 0.679. The summed E-state index contributed by atoms with van der Waals surface area (Å²) >= 11 is 0. The first-order valence-electron chi connectivity index (χ1n) is 24.5. The van der Waals surface area contributed by atoms with Crippen LogP contribution in [0.25, 0.3) is 0 Å². The van der Waals surface area contributed by atoms with E-state index < -0.39 is 5.60 Å². The Morgan fingerprint density at radius 2 is 1.08 bits per heavy atom. The van der Waals surface area contributed by atoms with Crippen molar-refractivity contribution in [1.29, 1.82) is 0 Å². The lowest BCUT2D eigenvalue weighted by Crippen LogP contribution is -2.31. The highest BCUT2D eigenvalue weighted by atomic mass is 16.3. The van der Waals surface area contributed by atoms with Gasteiger partial charge in [0.15, 0.2) is 0 Å². The molecule has 3 aromatic carbocycles. The van der Waals surface area contributed by atoms with Crippen molar-refractivity contribution >= 4 is 0 Å². The van der Waals surface area contributed by atoms with E-state index in [0.29, 0.717) is 5.92 Å². The maximum absolute atomic E-state index is 10.6. The normalized spacial score (nSPS) is 20.4. The van der Waals surface area contributed by atoms with Crippen molar-refractivity contribution in [3.05, 3.63) is 106 Å². The van der Waals surface area contributed by atoms with Crippen molar-refractivity contribution in [3.63, 3.8) is 0 Å². The summed E-state index contributed by atoms with van der Waals surface area (Å²) in [5.74, 6) is 0.817. The maximum Gasteiger partial charge on any atom is 0.0815 e. The standard InChI is InChI=1S/C19H30O.C18H28O2.C18H28O.CH4/c1-3-4-8-17-13-16(2)14-18(15-17)9-12-19(20)10-6-5-7-11-19;1-3-14(2)17(19)16-8-6-7-15(13-16)9-12-18(20)10-4-5-11-18;1-2-3-7-15-8-6-9-16(14-15)12-13-17-10-4-5-11-18(17)19;/h13-15,20H,3-12H2,1-2H3;6-8,13-14,17,19-20H,3-5,9-12H2,1-2H3;6,8-9,14,17-19H,2-5,7,10-13H2,1H3;1H4/t;14-,17-;;/m.1../s1. The van der Waals surface area contributed by atoms with Gasteiger partial charge in [0, 0.05) is 0 Å². The van der Waals surface area contributed by atoms with Crippen LogP contribution in [-0.4, -0.2) is 37.7 Å². The highest BCUT2D eigenvalue weighted by Crippen LogP contribution is 2.35. The summed E-state index contributed by atoms with van der Waals surface area (Å²) < 4.78 is 0. The molecule has 2 unspecified atom stereocenters. The molecule has 338 valence electrons. The van der Waals surface area contributed by atoms with Crippen LogP contribution in [0.3, 0.4) is 0 Å². The number of hydrogen-bond donors (Lipinski definition) is 4. The van der Waals surface area contributed by atoms with Gasteiger partial charge in [-0.3, -0.25) is 0 Å². The lowest BCUT2D eigenvalue weighted by molar-refractivity contribution is -0.00343. The molecule has 3 fully saturated rings. The fourth-order valence-corrected chi connectivity index (χ4v) is 9.80. The van der Waals surface area contributed by atoms with Crippen molar-refractivity contribution in [1.82, 2.24) is 0 Å². The molecule has 4 atom stereocenters. The number of unbranched alkanes of at least 4 members (excludes halogenated alkanes) is 2. The van der Waals surface area contributed by atoms with Gasteiger partial charge in [0.05, 0.1) is 23.4 Å². The van der Waals surface area contributed by atoms with E-state index in [9.17, 15) is 20.4 Å². The van der Waals surface area contributed by atoms with Crippen LogP contribution in [-0.2, 0) is 32.1 Å². The second-order valence-corrected chi connectivity index (χ2v) is 19.3. The predicted octanol–water partition coefficient (Wildman–Crippen LogP) is 14.1.